The van der Waals surface area contributed by atoms with E-state index in [0.717, 1.165) is 44.0 Å². The first-order chi connectivity index (χ1) is 22.5. The molecule has 5 aromatic heterocycles. The van der Waals surface area contributed by atoms with Gasteiger partial charge in [0.05, 0.1) is 23.1 Å². The molecule has 2 N–H and O–H groups in total. The molecule has 2 bridgehead atoms. The Hall–Kier alpha value is -5.80. The summed E-state index contributed by atoms with van der Waals surface area (Å²) in [5.74, 6) is 1.61. The average Bonchev–Trinajstić information content (AvgIpc) is 3.56. The largest absolute Gasteiger partial charge is 0.383 e. The van der Waals surface area contributed by atoms with Crippen molar-refractivity contribution in [3.05, 3.63) is 103 Å². The van der Waals surface area contributed by atoms with E-state index in [2.05, 4.69) is 54.0 Å². The second-order valence-electron chi connectivity index (χ2n) is 11.6. The zero-order valence-corrected chi connectivity index (χ0v) is 24.7. The van der Waals surface area contributed by atoms with Crippen LogP contribution in [0.1, 0.15) is 24.2 Å². The molecule has 8 rings (SSSR count). The number of halogens is 1. The van der Waals surface area contributed by atoms with Crippen molar-refractivity contribution in [2.24, 2.45) is 0 Å². The van der Waals surface area contributed by atoms with Crippen molar-refractivity contribution >= 4 is 22.8 Å². The molecule has 12 heteroatoms. The van der Waals surface area contributed by atoms with Gasteiger partial charge in [-0.25, -0.2) is 29.3 Å². The van der Waals surface area contributed by atoms with Gasteiger partial charge in [0, 0.05) is 49.8 Å². The van der Waals surface area contributed by atoms with Crippen LogP contribution in [0.25, 0.3) is 39.6 Å². The number of nitrogens with two attached hydrogens (primary N) is 1. The minimum Gasteiger partial charge on any atom is -0.383 e. The molecule has 226 valence electrons. The number of nitrogen functional groups attached to an aromatic ring is 1. The van der Waals surface area contributed by atoms with Crippen LogP contribution in [0.2, 0.25) is 0 Å². The van der Waals surface area contributed by atoms with Gasteiger partial charge in [0.25, 0.3) is 0 Å². The normalized spacial score (nSPS) is 17.8. The van der Waals surface area contributed by atoms with E-state index in [4.69, 9.17) is 15.7 Å². The van der Waals surface area contributed by atoms with Crippen molar-refractivity contribution in [2.45, 2.75) is 31.5 Å². The van der Waals surface area contributed by atoms with Crippen molar-refractivity contribution in [2.75, 3.05) is 23.7 Å². The van der Waals surface area contributed by atoms with Gasteiger partial charge in [-0.3, -0.25) is 14.5 Å². The van der Waals surface area contributed by atoms with Crippen LogP contribution in [0.5, 0.6) is 0 Å². The van der Waals surface area contributed by atoms with Gasteiger partial charge in [0.2, 0.25) is 5.82 Å². The lowest BCUT2D eigenvalue weighted by molar-refractivity contribution is 0.160. The summed E-state index contributed by atoms with van der Waals surface area (Å²) in [4.78, 5) is 31.7. The number of rotatable bonds is 6. The summed E-state index contributed by atoms with van der Waals surface area (Å²) in [6, 6.07) is 23.6. The van der Waals surface area contributed by atoms with Crippen LogP contribution in [-0.2, 0) is 6.54 Å². The summed E-state index contributed by atoms with van der Waals surface area (Å²) in [6.07, 6.45) is 6.75. The van der Waals surface area contributed by atoms with Crippen LogP contribution in [0.15, 0.2) is 85.3 Å². The zero-order chi connectivity index (χ0) is 31.2. The number of fused-ring (bicyclic) bond motifs is 3. The van der Waals surface area contributed by atoms with E-state index in [0.29, 0.717) is 51.8 Å². The van der Waals surface area contributed by atoms with Crippen LogP contribution in [0.3, 0.4) is 0 Å². The van der Waals surface area contributed by atoms with E-state index in [1.807, 2.05) is 41.0 Å². The van der Waals surface area contributed by atoms with Crippen LogP contribution < -0.4 is 10.6 Å². The molecule has 2 atom stereocenters. The topological polar surface area (TPSA) is 139 Å². The molecule has 2 aliphatic heterocycles. The summed E-state index contributed by atoms with van der Waals surface area (Å²) in [5, 5.41) is 9.24. The molecule has 0 saturated carbocycles. The van der Waals surface area contributed by atoms with Gasteiger partial charge in [-0.2, -0.15) is 5.26 Å². The molecule has 11 nitrogen and oxygen atoms in total. The van der Waals surface area contributed by atoms with E-state index in [1.165, 1.54) is 17.8 Å². The highest BCUT2D eigenvalue weighted by Gasteiger charge is 2.40. The number of imidazole rings is 1. The highest BCUT2D eigenvalue weighted by molar-refractivity contribution is 5.84. The number of nitrogens with zero attached hydrogens (tertiary/aromatic N) is 10. The van der Waals surface area contributed by atoms with E-state index in [9.17, 15) is 9.65 Å². The van der Waals surface area contributed by atoms with Gasteiger partial charge in [0.15, 0.2) is 11.5 Å². The van der Waals surface area contributed by atoms with E-state index < -0.39 is 5.82 Å². The van der Waals surface area contributed by atoms with Crippen LogP contribution in [-0.4, -0.2) is 64.5 Å². The fourth-order valence-corrected chi connectivity index (χ4v) is 6.63. The molecule has 6 aromatic rings. The van der Waals surface area contributed by atoms with Gasteiger partial charge >= 0.3 is 0 Å². The van der Waals surface area contributed by atoms with Gasteiger partial charge in [-0.1, -0.05) is 12.1 Å². The number of hydrogen-bond donors (Lipinski definition) is 1. The number of pyridine rings is 3. The highest BCUT2D eigenvalue weighted by atomic mass is 19.1. The van der Waals surface area contributed by atoms with Gasteiger partial charge in [0.1, 0.15) is 29.0 Å². The molecule has 0 amide bonds. The minimum atomic E-state index is -0.404. The summed E-state index contributed by atoms with van der Waals surface area (Å²) in [7, 11) is 0. The van der Waals surface area contributed by atoms with Crippen LogP contribution in [0.4, 0.5) is 16.0 Å². The fourth-order valence-electron chi connectivity index (χ4n) is 6.63. The van der Waals surface area contributed by atoms with Gasteiger partial charge < -0.3 is 10.6 Å². The van der Waals surface area contributed by atoms with Crippen molar-refractivity contribution in [1.29, 1.82) is 5.26 Å². The Labute approximate surface area is 263 Å². The Morgan fingerprint density at radius 1 is 0.848 bits per heavy atom. The molecule has 0 radical (unpaired) electrons. The number of piperazine rings is 1. The number of hydrogen-bond acceptors (Lipinski definition) is 10. The third kappa shape index (κ3) is 4.96. The van der Waals surface area contributed by atoms with Crippen molar-refractivity contribution < 1.29 is 4.39 Å². The predicted molar refractivity (Wildman–Crippen MR) is 171 cm³/mol. The SMILES string of the molecule is N#Cc1nccc(N2CC3CCC(C2)N3Cc2ccc(-n3c(-c4cccnc4N)nc4ccc(-c5ccc(F)cn5)nc43)cc2)n1. The van der Waals surface area contributed by atoms with E-state index >= 15 is 0 Å². The molecule has 1 aromatic carbocycles. The minimum absolute atomic E-state index is 0.200. The maximum Gasteiger partial charge on any atom is 0.234 e. The zero-order valence-electron chi connectivity index (χ0n) is 24.7. The maximum atomic E-state index is 13.6. The van der Waals surface area contributed by atoms with Gasteiger partial charge in [-0.15, -0.1) is 0 Å². The number of nitriles is 1. The Morgan fingerprint density at radius 2 is 1.65 bits per heavy atom. The number of benzene rings is 1. The molecule has 2 aliphatic rings. The lowest BCUT2D eigenvalue weighted by atomic mass is 10.1. The first kappa shape index (κ1) is 27.7. The van der Waals surface area contributed by atoms with Crippen molar-refractivity contribution in [3.63, 3.8) is 0 Å². The summed E-state index contributed by atoms with van der Waals surface area (Å²) in [5.41, 5.74) is 11.6. The van der Waals surface area contributed by atoms with E-state index in [-0.39, 0.29) is 5.82 Å². The first-order valence-electron chi connectivity index (χ1n) is 15.1. The second kappa shape index (κ2) is 11.3. The van der Waals surface area contributed by atoms with Crippen LogP contribution in [0, 0.1) is 17.1 Å². The molecule has 0 aliphatic carbocycles. The lowest BCUT2D eigenvalue weighted by Crippen LogP contribution is -2.53. The quantitative estimate of drug-likeness (QED) is 0.281. The summed E-state index contributed by atoms with van der Waals surface area (Å²) < 4.78 is 15.6. The molecule has 2 fully saturated rings. The van der Waals surface area contributed by atoms with Crippen LogP contribution >= 0.6 is 0 Å². The third-order valence-electron chi connectivity index (χ3n) is 8.83. The van der Waals surface area contributed by atoms with Gasteiger partial charge in [-0.05, 0) is 73.0 Å². The summed E-state index contributed by atoms with van der Waals surface area (Å²) >= 11 is 0. The first-order valence-corrected chi connectivity index (χ1v) is 15.1. The van der Waals surface area contributed by atoms with E-state index in [1.54, 1.807) is 18.5 Å². The molecule has 0 spiro atoms. The molecular weight excluding hydrogens is 581 g/mol. The third-order valence-corrected chi connectivity index (χ3v) is 8.83. The molecule has 46 heavy (non-hydrogen) atoms. The second-order valence-corrected chi connectivity index (χ2v) is 11.6. The average molecular weight is 610 g/mol. The fraction of sp³-hybridized carbons (Fsp3) is 0.206. The Bertz CT molecular complexity index is 2090. The van der Waals surface area contributed by atoms with Crippen molar-refractivity contribution in [3.8, 4) is 34.5 Å². The molecule has 7 heterocycles. The highest BCUT2D eigenvalue weighted by Crippen LogP contribution is 2.35. The molecule has 2 saturated heterocycles. The summed E-state index contributed by atoms with van der Waals surface area (Å²) in [6.45, 7) is 2.57. The standard InChI is InChI=1S/C34H28FN11/c35-22-5-10-27(40-17-22)28-11-12-29-34(41-28)46(33(42-29)26-2-1-14-39-32(26)37)23-6-3-21(4-7-23)18-45-24-8-9-25(45)20-44(19-24)31-13-15-38-30(16-36)43-31/h1-7,10-15,17,24-25H,8-9,18-20H2,(H2,37,39). The maximum absolute atomic E-state index is 13.6. The Kier molecular flexibility index (Phi) is 6.80. The predicted octanol–water partition coefficient (Wildman–Crippen LogP) is 4.78. The smallest absolute Gasteiger partial charge is 0.234 e. The molecule has 2 unspecified atom stereocenters. The van der Waals surface area contributed by atoms with Crippen molar-refractivity contribution in [1.82, 2.24) is 39.4 Å². The number of aromatic nitrogens is 7. The molecular formula is C34H28FN11. The Balaban J connectivity index is 1.11. The Morgan fingerprint density at radius 3 is 2.39 bits per heavy atom. The monoisotopic (exact) mass is 609 g/mol. The lowest BCUT2D eigenvalue weighted by Gasteiger charge is -2.41. The number of anilines is 2.